The van der Waals surface area contributed by atoms with E-state index in [1.165, 1.54) is 12.1 Å². The number of rotatable bonds is 7. The lowest BCUT2D eigenvalue weighted by atomic mass is 9.99. The van der Waals surface area contributed by atoms with Crippen molar-refractivity contribution in [3.63, 3.8) is 0 Å². The number of amides is 2. The van der Waals surface area contributed by atoms with Crippen LogP contribution in [0.15, 0.2) is 59.5 Å². The molecule has 0 spiro atoms. The monoisotopic (exact) mass is 557 g/mol. The van der Waals surface area contributed by atoms with Gasteiger partial charge >= 0.3 is 6.03 Å². The van der Waals surface area contributed by atoms with Gasteiger partial charge in [-0.25, -0.2) is 14.2 Å². The Hall–Kier alpha value is -4.28. The van der Waals surface area contributed by atoms with E-state index in [0.717, 1.165) is 49.2 Å². The quantitative estimate of drug-likeness (QED) is 0.297. The molecule has 2 amide bonds. The van der Waals surface area contributed by atoms with E-state index < -0.39 is 11.8 Å². The molecule has 1 aliphatic heterocycles. The van der Waals surface area contributed by atoms with Gasteiger partial charge in [0.05, 0.1) is 11.2 Å². The molecule has 5 rings (SSSR count). The standard InChI is InChI=1S/C31H36FN7O2/c1-5-39-28-17-29(33-3)34-18-22(28)15-25(30(39)40)24-16-27(26(32)13-20(24)2)36-31(41)35-23-8-6-7-21(14-23)19-38-11-9-37(4)10-12-38/h6-8,13-18H,5,9-12,19H2,1-4H3,(H,33,34)(H2,35,36,41). The van der Waals surface area contributed by atoms with Gasteiger partial charge in [0.25, 0.3) is 5.56 Å². The van der Waals surface area contributed by atoms with Crippen LogP contribution < -0.4 is 21.5 Å². The second kappa shape index (κ2) is 12.1. The van der Waals surface area contributed by atoms with E-state index in [-0.39, 0.29) is 11.2 Å². The predicted octanol–water partition coefficient (Wildman–Crippen LogP) is 4.96. The SMILES string of the molecule is CCn1c(=O)c(-c2cc(NC(=O)Nc3cccc(CN4CCN(C)CC4)c3)c(F)cc2C)cc2cnc(NC)cc21. The van der Waals surface area contributed by atoms with Crippen molar-refractivity contribution in [3.8, 4) is 11.1 Å². The molecule has 0 saturated carbocycles. The second-order valence-corrected chi connectivity index (χ2v) is 10.5. The molecule has 10 heteroatoms. The van der Waals surface area contributed by atoms with Gasteiger partial charge < -0.3 is 25.4 Å². The van der Waals surface area contributed by atoms with Crippen molar-refractivity contribution in [2.75, 3.05) is 56.2 Å². The zero-order chi connectivity index (χ0) is 29.1. The van der Waals surface area contributed by atoms with Crippen molar-refractivity contribution >= 4 is 34.1 Å². The minimum Gasteiger partial charge on any atom is -0.373 e. The maximum absolute atomic E-state index is 15.0. The molecule has 41 heavy (non-hydrogen) atoms. The number of benzene rings is 2. The van der Waals surface area contributed by atoms with Gasteiger partial charge in [0.2, 0.25) is 0 Å². The number of aryl methyl sites for hydroxylation is 2. The third-order valence-electron chi connectivity index (χ3n) is 7.59. The van der Waals surface area contributed by atoms with Gasteiger partial charge in [0.1, 0.15) is 11.6 Å². The average Bonchev–Trinajstić information content (AvgIpc) is 2.95. The number of fused-ring (bicyclic) bond motifs is 1. The number of nitrogens with one attached hydrogen (secondary N) is 3. The highest BCUT2D eigenvalue weighted by atomic mass is 19.1. The Kier molecular flexibility index (Phi) is 8.32. The van der Waals surface area contributed by atoms with Crippen LogP contribution in [0.1, 0.15) is 18.1 Å². The molecule has 214 valence electrons. The first kappa shape index (κ1) is 28.3. The summed E-state index contributed by atoms with van der Waals surface area (Å²) >= 11 is 0. The second-order valence-electron chi connectivity index (χ2n) is 10.5. The molecular weight excluding hydrogens is 521 g/mol. The molecule has 0 aliphatic carbocycles. The molecule has 1 aliphatic rings. The average molecular weight is 558 g/mol. The van der Waals surface area contributed by atoms with Crippen LogP contribution in [-0.4, -0.2) is 65.7 Å². The number of anilines is 3. The van der Waals surface area contributed by atoms with Crippen LogP contribution in [0.25, 0.3) is 22.0 Å². The highest BCUT2D eigenvalue weighted by molar-refractivity contribution is 6.00. The number of carbonyl (C=O) groups is 1. The summed E-state index contributed by atoms with van der Waals surface area (Å²) in [5.74, 6) is 0.0781. The Morgan fingerprint density at radius 2 is 1.80 bits per heavy atom. The number of halogens is 1. The van der Waals surface area contributed by atoms with Crippen LogP contribution in [0.2, 0.25) is 0 Å². The molecule has 0 unspecified atom stereocenters. The molecule has 0 atom stereocenters. The topological polar surface area (TPSA) is 94.5 Å². The number of urea groups is 1. The zero-order valence-electron chi connectivity index (χ0n) is 23.9. The summed E-state index contributed by atoms with van der Waals surface area (Å²) < 4.78 is 16.7. The van der Waals surface area contributed by atoms with Crippen LogP contribution in [-0.2, 0) is 13.1 Å². The van der Waals surface area contributed by atoms with Crippen LogP contribution >= 0.6 is 0 Å². The fourth-order valence-corrected chi connectivity index (χ4v) is 5.27. The van der Waals surface area contributed by atoms with Crippen molar-refractivity contribution in [1.82, 2.24) is 19.4 Å². The molecular formula is C31H36FN7O2. The van der Waals surface area contributed by atoms with Crippen molar-refractivity contribution in [2.24, 2.45) is 0 Å². The molecule has 3 N–H and O–H groups in total. The lowest BCUT2D eigenvalue weighted by Crippen LogP contribution is -2.43. The number of pyridine rings is 2. The lowest BCUT2D eigenvalue weighted by molar-refractivity contribution is 0.148. The van der Waals surface area contributed by atoms with Crippen LogP contribution in [0.5, 0.6) is 0 Å². The van der Waals surface area contributed by atoms with Crippen LogP contribution in [0.3, 0.4) is 0 Å². The Bertz CT molecular complexity index is 1640. The third kappa shape index (κ3) is 6.23. The number of aromatic nitrogens is 2. The normalized spacial score (nSPS) is 14.3. The Balaban J connectivity index is 1.38. The van der Waals surface area contributed by atoms with E-state index in [1.807, 2.05) is 31.2 Å². The third-order valence-corrected chi connectivity index (χ3v) is 7.59. The zero-order valence-corrected chi connectivity index (χ0v) is 23.9. The van der Waals surface area contributed by atoms with Gasteiger partial charge in [-0.15, -0.1) is 0 Å². The predicted molar refractivity (Wildman–Crippen MR) is 163 cm³/mol. The summed E-state index contributed by atoms with van der Waals surface area (Å²) in [6, 6.07) is 13.6. The minimum atomic E-state index is -0.581. The van der Waals surface area contributed by atoms with Gasteiger partial charge in [-0.3, -0.25) is 9.69 Å². The smallest absolute Gasteiger partial charge is 0.323 e. The molecule has 9 nitrogen and oxygen atoms in total. The Morgan fingerprint density at radius 3 is 2.54 bits per heavy atom. The maximum atomic E-state index is 15.0. The molecule has 4 aromatic rings. The molecule has 0 bridgehead atoms. The van der Waals surface area contributed by atoms with Crippen molar-refractivity contribution in [2.45, 2.75) is 26.9 Å². The number of piperazine rings is 1. The first-order valence-corrected chi connectivity index (χ1v) is 13.9. The summed E-state index contributed by atoms with van der Waals surface area (Å²) in [5, 5.41) is 9.23. The number of nitrogens with zero attached hydrogens (tertiary/aromatic N) is 4. The molecule has 0 radical (unpaired) electrons. The summed E-state index contributed by atoms with van der Waals surface area (Å²) in [6.45, 7) is 8.96. The summed E-state index contributed by atoms with van der Waals surface area (Å²) in [7, 11) is 3.90. The molecule has 2 aromatic heterocycles. The van der Waals surface area contributed by atoms with E-state index in [0.29, 0.717) is 34.7 Å². The van der Waals surface area contributed by atoms with Crippen molar-refractivity contribution in [1.29, 1.82) is 0 Å². The number of hydrogen-bond acceptors (Lipinski definition) is 6. The molecule has 1 fully saturated rings. The summed E-state index contributed by atoms with van der Waals surface area (Å²) in [5.41, 5.74) is 3.81. The summed E-state index contributed by atoms with van der Waals surface area (Å²) in [6.07, 6.45) is 1.71. The van der Waals surface area contributed by atoms with Gasteiger partial charge in [-0.05, 0) is 67.9 Å². The van der Waals surface area contributed by atoms with Crippen molar-refractivity contribution < 1.29 is 9.18 Å². The Morgan fingerprint density at radius 1 is 1.02 bits per heavy atom. The van der Waals surface area contributed by atoms with Gasteiger partial charge in [-0.1, -0.05) is 12.1 Å². The highest BCUT2D eigenvalue weighted by Crippen LogP contribution is 2.29. The Labute approximate surface area is 239 Å². The number of carbonyl (C=O) groups excluding carboxylic acids is 1. The van der Waals surface area contributed by atoms with Gasteiger partial charge in [-0.2, -0.15) is 0 Å². The molecule has 3 heterocycles. The number of likely N-dealkylation sites (N-methyl/N-ethyl adjacent to an activating group) is 1. The lowest BCUT2D eigenvalue weighted by Gasteiger charge is -2.32. The van der Waals surface area contributed by atoms with E-state index in [2.05, 4.69) is 37.8 Å². The summed E-state index contributed by atoms with van der Waals surface area (Å²) in [4.78, 5) is 35.5. The van der Waals surface area contributed by atoms with Gasteiger partial charge in [0.15, 0.2) is 0 Å². The first-order chi connectivity index (χ1) is 19.7. The fraction of sp³-hybridized carbons (Fsp3) is 0.323. The van der Waals surface area contributed by atoms with E-state index in [1.54, 1.807) is 36.9 Å². The number of hydrogen-bond donors (Lipinski definition) is 3. The highest BCUT2D eigenvalue weighted by Gasteiger charge is 2.18. The van der Waals surface area contributed by atoms with Crippen LogP contribution in [0.4, 0.5) is 26.4 Å². The van der Waals surface area contributed by atoms with E-state index in [4.69, 9.17) is 0 Å². The largest absolute Gasteiger partial charge is 0.373 e. The fourth-order valence-electron chi connectivity index (χ4n) is 5.27. The maximum Gasteiger partial charge on any atom is 0.323 e. The molecule has 1 saturated heterocycles. The van der Waals surface area contributed by atoms with E-state index in [9.17, 15) is 9.59 Å². The first-order valence-electron chi connectivity index (χ1n) is 13.9. The van der Waals surface area contributed by atoms with Gasteiger partial charge in [0, 0.05) is 75.2 Å². The van der Waals surface area contributed by atoms with E-state index >= 15 is 4.39 Å². The minimum absolute atomic E-state index is 0.0112. The van der Waals surface area contributed by atoms with Crippen LogP contribution in [0, 0.1) is 12.7 Å². The molecule has 2 aromatic carbocycles. The van der Waals surface area contributed by atoms with Crippen molar-refractivity contribution in [3.05, 3.63) is 82.0 Å².